The Labute approximate surface area is 146 Å². The van der Waals surface area contributed by atoms with Crippen molar-refractivity contribution in [2.75, 3.05) is 13.7 Å². The molecule has 1 aromatic heterocycles. The van der Waals surface area contributed by atoms with E-state index in [9.17, 15) is 9.59 Å². The second kappa shape index (κ2) is 8.45. The van der Waals surface area contributed by atoms with Crippen LogP contribution in [0.1, 0.15) is 22.8 Å². The van der Waals surface area contributed by atoms with Crippen LogP contribution in [0, 0.1) is 0 Å². The standard InChI is InChI=1S/C18H19ClN2O3/c1-3-24-18(23)15(11-13-7-5-4-6-8-13)21(2)17(22)14-9-10-16(19)20-12-14/h4-10,12,15H,3,11H2,1-2H3/t15-/m0/s1. The number of halogens is 1. The molecule has 2 rings (SSSR count). The van der Waals surface area contributed by atoms with Crippen LogP contribution in [0.3, 0.4) is 0 Å². The van der Waals surface area contributed by atoms with E-state index in [0.29, 0.717) is 17.1 Å². The van der Waals surface area contributed by atoms with Crippen LogP contribution < -0.4 is 0 Å². The van der Waals surface area contributed by atoms with Crippen LogP contribution in [0.5, 0.6) is 0 Å². The Bertz CT molecular complexity index is 689. The number of carbonyl (C=O) groups excluding carboxylic acids is 2. The fourth-order valence-electron chi connectivity index (χ4n) is 2.30. The number of ether oxygens (including phenoxy) is 1. The summed E-state index contributed by atoms with van der Waals surface area (Å²) in [5.74, 6) is -0.743. The van der Waals surface area contributed by atoms with Crippen molar-refractivity contribution in [2.24, 2.45) is 0 Å². The van der Waals surface area contributed by atoms with Crippen molar-refractivity contribution in [1.82, 2.24) is 9.88 Å². The molecule has 5 nitrogen and oxygen atoms in total. The molecule has 1 aromatic carbocycles. The van der Waals surface area contributed by atoms with E-state index in [1.165, 1.54) is 11.1 Å². The number of benzene rings is 1. The molecular formula is C18H19ClN2O3. The van der Waals surface area contributed by atoms with Gasteiger partial charge in [0.1, 0.15) is 11.2 Å². The van der Waals surface area contributed by atoms with Gasteiger partial charge in [0, 0.05) is 19.7 Å². The smallest absolute Gasteiger partial charge is 0.329 e. The zero-order chi connectivity index (χ0) is 17.5. The van der Waals surface area contributed by atoms with Crippen LogP contribution in [0.15, 0.2) is 48.7 Å². The molecule has 0 aliphatic rings. The van der Waals surface area contributed by atoms with Crippen LogP contribution in [0.2, 0.25) is 5.15 Å². The lowest BCUT2D eigenvalue weighted by molar-refractivity contribution is -0.148. The summed E-state index contributed by atoms with van der Waals surface area (Å²) in [5.41, 5.74) is 1.31. The van der Waals surface area contributed by atoms with E-state index >= 15 is 0 Å². The quantitative estimate of drug-likeness (QED) is 0.596. The minimum Gasteiger partial charge on any atom is -0.464 e. The normalized spacial score (nSPS) is 11.6. The van der Waals surface area contributed by atoms with E-state index in [4.69, 9.17) is 16.3 Å². The molecule has 0 saturated heterocycles. The predicted molar refractivity (Wildman–Crippen MR) is 91.9 cm³/mol. The predicted octanol–water partition coefficient (Wildman–Crippen LogP) is 2.98. The lowest BCUT2D eigenvalue weighted by Gasteiger charge is -2.26. The van der Waals surface area contributed by atoms with Crippen LogP contribution in [-0.4, -0.2) is 41.5 Å². The molecule has 0 unspecified atom stereocenters. The highest BCUT2D eigenvalue weighted by Gasteiger charge is 2.29. The van der Waals surface area contributed by atoms with Gasteiger partial charge in [-0.3, -0.25) is 4.79 Å². The third-order valence-corrected chi connectivity index (χ3v) is 3.82. The van der Waals surface area contributed by atoms with E-state index in [1.54, 1.807) is 26.1 Å². The van der Waals surface area contributed by atoms with E-state index in [2.05, 4.69) is 4.98 Å². The maximum Gasteiger partial charge on any atom is 0.329 e. The number of rotatable bonds is 6. The molecular weight excluding hydrogens is 328 g/mol. The maximum atomic E-state index is 12.6. The fourth-order valence-corrected chi connectivity index (χ4v) is 2.41. The first kappa shape index (κ1) is 17.9. The lowest BCUT2D eigenvalue weighted by Crippen LogP contribution is -2.44. The first-order chi connectivity index (χ1) is 11.5. The number of pyridine rings is 1. The maximum absolute atomic E-state index is 12.6. The summed E-state index contributed by atoms with van der Waals surface area (Å²) in [6.07, 6.45) is 1.77. The minimum atomic E-state index is -0.712. The average molecular weight is 347 g/mol. The van der Waals surface area contributed by atoms with Gasteiger partial charge in [-0.1, -0.05) is 41.9 Å². The van der Waals surface area contributed by atoms with E-state index in [0.717, 1.165) is 5.56 Å². The zero-order valence-corrected chi connectivity index (χ0v) is 14.4. The summed E-state index contributed by atoms with van der Waals surface area (Å²) >= 11 is 5.75. The zero-order valence-electron chi connectivity index (χ0n) is 13.6. The van der Waals surface area contributed by atoms with Gasteiger partial charge >= 0.3 is 5.97 Å². The van der Waals surface area contributed by atoms with Crippen molar-refractivity contribution in [3.63, 3.8) is 0 Å². The summed E-state index contributed by atoms with van der Waals surface area (Å²) in [6.45, 7) is 2.00. The Kier molecular flexibility index (Phi) is 6.32. The Morgan fingerprint density at radius 1 is 1.21 bits per heavy atom. The molecule has 0 radical (unpaired) electrons. The number of hydrogen-bond acceptors (Lipinski definition) is 4. The Hall–Kier alpha value is -2.40. The summed E-state index contributed by atoms with van der Waals surface area (Å²) in [6, 6.07) is 11.9. The molecule has 1 atom stereocenters. The van der Waals surface area contributed by atoms with Crippen molar-refractivity contribution < 1.29 is 14.3 Å². The molecule has 0 N–H and O–H groups in total. The molecule has 1 amide bonds. The number of aromatic nitrogens is 1. The van der Waals surface area contributed by atoms with Crippen molar-refractivity contribution in [3.8, 4) is 0 Å². The largest absolute Gasteiger partial charge is 0.464 e. The molecule has 126 valence electrons. The van der Waals surface area contributed by atoms with Crippen molar-refractivity contribution >= 4 is 23.5 Å². The Balaban J connectivity index is 2.22. The van der Waals surface area contributed by atoms with Crippen molar-refractivity contribution in [3.05, 3.63) is 64.9 Å². The molecule has 0 bridgehead atoms. The number of carbonyl (C=O) groups is 2. The van der Waals surface area contributed by atoms with Crippen molar-refractivity contribution in [2.45, 2.75) is 19.4 Å². The number of hydrogen-bond donors (Lipinski definition) is 0. The monoisotopic (exact) mass is 346 g/mol. The second-order valence-corrected chi connectivity index (χ2v) is 5.63. The van der Waals surface area contributed by atoms with E-state index < -0.39 is 12.0 Å². The summed E-state index contributed by atoms with van der Waals surface area (Å²) < 4.78 is 5.13. The molecule has 0 aliphatic carbocycles. The second-order valence-electron chi connectivity index (χ2n) is 5.24. The SMILES string of the molecule is CCOC(=O)[C@H](Cc1ccccc1)N(C)C(=O)c1ccc(Cl)nc1. The van der Waals surface area contributed by atoms with Gasteiger partial charge in [0.15, 0.2) is 0 Å². The van der Waals surface area contributed by atoms with Gasteiger partial charge in [-0.15, -0.1) is 0 Å². The third kappa shape index (κ3) is 4.55. The van der Waals surface area contributed by atoms with E-state index in [1.807, 2.05) is 30.3 Å². The van der Waals surface area contributed by atoms with Gasteiger partial charge in [0.2, 0.25) is 0 Å². The first-order valence-corrected chi connectivity index (χ1v) is 8.00. The molecule has 0 aliphatic heterocycles. The molecule has 2 aromatic rings. The fraction of sp³-hybridized carbons (Fsp3) is 0.278. The highest BCUT2D eigenvalue weighted by molar-refractivity contribution is 6.29. The van der Waals surface area contributed by atoms with Gasteiger partial charge in [-0.05, 0) is 24.6 Å². The van der Waals surface area contributed by atoms with E-state index in [-0.39, 0.29) is 12.5 Å². The third-order valence-electron chi connectivity index (χ3n) is 3.59. The van der Waals surface area contributed by atoms with Gasteiger partial charge in [-0.2, -0.15) is 0 Å². The number of esters is 1. The highest BCUT2D eigenvalue weighted by atomic mass is 35.5. The van der Waals surface area contributed by atoms with Crippen LogP contribution in [-0.2, 0) is 16.0 Å². The van der Waals surface area contributed by atoms with Gasteiger partial charge in [0.05, 0.1) is 12.2 Å². The van der Waals surface area contributed by atoms with Crippen molar-refractivity contribution in [1.29, 1.82) is 0 Å². The van der Waals surface area contributed by atoms with Crippen LogP contribution in [0.4, 0.5) is 0 Å². The number of nitrogens with zero attached hydrogens (tertiary/aromatic N) is 2. The van der Waals surface area contributed by atoms with Gasteiger partial charge < -0.3 is 9.64 Å². The number of likely N-dealkylation sites (N-methyl/N-ethyl adjacent to an activating group) is 1. The molecule has 1 heterocycles. The molecule has 24 heavy (non-hydrogen) atoms. The molecule has 0 saturated carbocycles. The van der Waals surface area contributed by atoms with Crippen LogP contribution in [0.25, 0.3) is 0 Å². The minimum absolute atomic E-state index is 0.259. The Morgan fingerprint density at radius 3 is 2.50 bits per heavy atom. The summed E-state index contributed by atoms with van der Waals surface area (Å²) in [5, 5.41) is 0.306. The summed E-state index contributed by atoms with van der Waals surface area (Å²) in [4.78, 5) is 30.3. The van der Waals surface area contributed by atoms with Crippen LogP contribution >= 0.6 is 11.6 Å². The molecule has 0 fully saturated rings. The Morgan fingerprint density at radius 2 is 1.92 bits per heavy atom. The van der Waals surface area contributed by atoms with Gasteiger partial charge in [-0.25, -0.2) is 9.78 Å². The first-order valence-electron chi connectivity index (χ1n) is 7.62. The topological polar surface area (TPSA) is 59.5 Å². The summed E-state index contributed by atoms with van der Waals surface area (Å²) in [7, 11) is 1.58. The number of amides is 1. The molecule has 6 heteroatoms. The highest BCUT2D eigenvalue weighted by Crippen LogP contribution is 2.14. The van der Waals surface area contributed by atoms with Gasteiger partial charge in [0.25, 0.3) is 5.91 Å². The lowest BCUT2D eigenvalue weighted by atomic mass is 10.0. The molecule has 0 spiro atoms. The average Bonchev–Trinajstić information content (AvgIpc) is 2.60.